The van der Waals surface area contributed by atoms with Crippen LogP contribution in [0.15, 0.2) is 97.1 Å². The van der Waals surface area contributed by atoms with E-state index in [1.54, 1.807) is 36.4 Å². The summed E-state index contributed by atoms with van der Waals surface area (Å²) >= 11 is 0. The lowest BCUT2D eigenvalue weighted by Gasteiger charge is -2.45. The van der Waals surface area contributed by atoms with E-state index in [9.17, 15) is 24.0 Å². The van der Waals surface area contributed by atoms with Gasteiger partial charge in [-0.25, -0.2) is 9.69 Å². The number of nitrogens with one attached hydrogen (secondary N) is 2. The molecule has 8 rings (SSSR count). The lowest BCUT2D eigenvalue weighted by molar-refractivity contribution is -0.122. The number of anilines is 3. The summed E-state index contributed by atoms with van der Waals surface area (Å²) in [5, 5.41) is 5.27. The molecular weight excluding hydrogens is 558 g/mol. The summed E-state index contributed by atoms with van der Waals surface area (Å²) in [6.45, 7) is 0.858. The van der Waals surface area contributed by atoms with Gasteiger partial charge in [-0.05, 0) is 64.7 Å². The number of rotatable bonds is 6. The van der Waals surface area contributed by atoms with E-state index >= 15 is 0 Å². The Hall–Kier alpha value is -5.57. The zero-order valence-electron chi connectivity index (χ0n) is 23.7. The highest BCUT2D eigenvalue weighted by Crippen LogP contribution is 2.61. The fourth-order valence-corrected chi connectivity index (χ4v) is 6.96. The monoisotopic (exact) mass is 585 g/mol. The number of hydrogen-bond donors (Lipinski definition) is 2. The van der Waals surface area contributed by atoms with Gasteiger partial charge in [0.05, 0.1) is 23.1 Å². The molecule has 44 heavy (non-hydrogen) atoms. The lowest BCUT2D eigenvalue weighted by atomic mass is 9.55. The fourth-order valence-electron chi connectivity index (χ4n) is 6.96. The van der Waals surface area contributed by atoms with Crippen molar-refractivity contribution in [3.05, 3.63) is 125 Å². The Morgan fingerprint density at radius 3 is 1.68 bits per heavy atom. The molecule has 0 radical (unpaired) electrons. The maximum atomic E-state index is 14.0. The van der Waals surface area contributed by atoms with E-state index in [1.165, 1.54) is 24.0 Å². The van der Waals surface area contributed by atoms with E-state index in [4.69, 9.17) is 4.74 Å². The molecule has 2 atom stereocenters. The van der Waals surface area contributed by atoms with Gasteiger partial charge in [0, 0.05) is 30.1 Å². The van der Waals surface area contributed by atoms with Crippen molar-refractivity contribution in [1.82, 2.24) is 0 Å². The van der Waals surface area contributed by atoms with Crippen LogP contribution in [0.5, 0.6) is 0 Å². The third kappa shape index (κ3) is 4.44. The third-order valence-corrected chi connectivity index (χ3v) is 8.61. The quantitative estimate of drug-likeness (QED) is 0.247. The van der Waals surface area contributed by atoms with Gasteiger partial charge in [0.25, 0.3) is 5.91 Å². The molecule has 0 aromatic heterocycles. The Morgan fingerprint density at radius 1 is 0.682 bits per heavy atom. The topological polar surface area (TPSA) is 122 Å². The van der Waals surface area contributed by atoms with Gasteiger partial charge < -0.3 is 15.4 Å². The zero-order chi connectivity index (χ0) is 30.5. The molecule has 0 saturated carbocycles. The first-order chi connectivity index (χ1) is 21.3. The average Bonchev–Trinajstić information content (AvgIpc) is 3.30. The average molecular weight is 586 g/mol. The Bertz CT molecular complexity index is 1750. The van der Waals surface area contributed by atoms with Gasteiger partial charge in [-0.2, -0.15) is 0 Å². The van der Waals surface area contributed by atoms with E-state index in [0.717, 1.165) is 22.3 Å². The number of esters is 1. The molecule has 218 valence electrons. The van der Waals surface area contributed by atoms with E-state index < -0.39 is 30.3 Å². The van der Waals surface area contributed by atoms with Crippen molar-refractivity contribution < 1.29 is 28.7 Å². The first-order valence-electron chi connectivity index (χ1n) is 14.3. The van der Waals surface area contributed by atoms with Crippen LogP contribution in [0.1, 0.15) is 51.4 Å². The summed E-state index contributed by atoms with van der Waals surface area (Å²) in [4.78, 5) is 65.8. The van der Waals surface area contributed by atoms with Gasteiger partial charge in [-0.3, -0.25) is 19.2 Å². The molecular formula is C35H27N3O6. The van der Waals surface area contributed by atoms with Crippen LogP contribution < -0.4 is 15.5 Å². The minimum absolute atomic E-state index is 0.111. The zero-order valence-corrected chi connectivity index (χ0v) is 23.7. The number of hydrogen-bond acceptors (Lipinski definition) is 6. The Kier molecular flexibility index (Phi) is 6.58. The maximum Gasteiger partial charge on any atom is 0.338 e. The SMILES string of the molecule is CC(=O)Nc1ccc(NC(=O)COC(=O)c2cccc(N3C(=O)[C@@H]4C5c6ccccc6C(c6ccccc65)[C@H]4C3=O)c2)cc1. The van der Waals surface area contributed by atoms with Crippen molar-refractivity contribution in [2.45, 2.75) is 18.8 Å². The predicted molar refractivity (Wildman–Crippen MR) is 162 cm³/mol. The minimum Gasteiger partial charge on any atom is -0.452 e. The van der Waals surface area contributed by atoms with E-state index in [1.807, 2.05) is 48.5 Å². The third-order valence-electron chi connectivity index (χ3n) is 8.61. The van der Waals surface area contributed by atoms with Crippen molar-refractivity contribution in [2.75, 3.05) is 22.1 Å². The van der Waals surface area contributed by atoms with Gasteiger partial charge in [-0.15, -0.1) is 0 Å². The summed E-state index contributed by atoms with van der Waals surface area (Å²) < 4.78 is 5.24. The first kappa shape index (κ1) is 27.3. The molecule has 9 nitrogen and oxygen atoms in total. The van der Waals surface area contributed by atoms with Crippen molar-refractivity contribution in [2.24, 2.45) is 11.8 Å². The Balaban J connectivity index is 1.08. The van der Waals surface area contributed by atoms with Gasteiger partial charge in [0.15, 0.2) is 6.61 Å². The van der Waals surface area contributed by atoms with Crippen molar-refractivity contribution in [1.29, 1.82) is 0 Å². The van der Waals surface area contributed by atoms with Crippen LogP contribution in [-0.2, 0) is 23.9 Å². The number of carbonyl (C=O) groups is 5. The molecule has 0 unspecified atom stereocenters. The molecule has 1 heterocycles. The first-order valence-corrected chi connectivity index (χ1v) is 14.3. The second-order valence-corrected chi connectivity index (χ2v) is 11.2. The summed E-state index contributed by atoms with van der Waals surface area (Å²) in [5.74, 6) is -3.63. The molecule has 1 fully saturated rings. The fraction of sp³-hybridized carbons (Fsp3) is 0.171. The molecule has 3 aliphatic carbocycles. The number of nitrogens with zero attached hydrogens (tertiary/aromatic N) is 1. The van der Waals surface area contributed by atoms with Crippen molar-refractivity contribution in [3.63, 3.8) is 0 Å². The molecule has 1 saturated heterocycles. The highest BCUT2D eigenvalue weighted by atomic mass is 16.5. The largest absolute Gasteiger partial charge is 0.452 e. The lowest BCUT2D eigenvalue weighted by Crippen LogP contribution is -2.41. The molecule has 2 bridgehead atoms. The van der Waals surface area contributed by atoms with Crippen LogP contribution >= 0.6 is 0 Å². The highest BCUT2D eigenvalue weighted by molar-refractivity contribution is 6.23. The number of imide groups is 1. The van der Waals surface area contributed by atoms with Gasteiger partial charge >= 0.3 is 5.97 Å². The molecule has 4 amide bonds. The van der Waals surface area contributed by atoms with E-state index in [2.05, 4.69) is 10.6 Å². The van der Waals surface area contributed by atoms with Crippen molar-refractivity contribution >= 4 is 46.7 Å². The van der Waals surface area contributed by atoms with Gasteiger partial charge in [-0.1, -0.05) is 54.6 Å². The summed E-state index contributed by atoms with van der Waals surface area (Å²) in [7, 11) is 0. The molecule has 4 aromatic rings. The molecule has 4 aromatic carbocycles. The number of carbonyl (C=O) groups excluding carboxylic acids is 5. The predicted octanol–water partition coefficient (Wildman–Crippen LogP) is 4.84. The van der Waals surface area contributed by atoms with Crippen LogP contribution in [-0.4, -0.2) is 36.2 Å². The van der Waals surface area contributed by atoms with E-state index in [0.29, 0.717) is 17.1 Å². The van der Waals surface area contributed by atoms with Crippen molar-refractivity contribution in [3.8, 4) is 0 Å². The molecule has 9 heteroatoms. The number of amides is 4. The van der Waals surface area contributed by atoms with E-state index in [-0.39, 0.29) is 35.1 Å². The smallest absolute Gasteiger partial charge is 0.338 e. The van der Waals surface area contributed by atoms with Crippen LogP contribution in [0.25, 0.3) is 0 Å². The highest BCUT2D eigenvalue weighted by Gasteiger charge is 2.61. The molecule has 4 aliphatic rings. The van der Waals surface area contributed by atoms with Gasteiger partial charge in [0.1, 0.15) is 0 Å². The Morgan fingerprint density at radius 2 is 1.18 bits per heavy atom. The normalized spacial score (nSPS) is 20.8. The minimum atomic E-state index is -0.764. The summed E-state index contributed by atoms with van der Waals surface area (Å²) in [5.41, 5.74) is 5.78. The molecule has 2 N–H and O–H groups in total. The Labute approximate surface area is 252 Å². The number of ether oxygens (including phenoxy) is 1. The van der Waals surface area contributed by atoms with Crippen LogP contribution in [0.4, 0.5) is 17.1 Å². The standard InChI is InChI=1S/C35H27N3O6/c1-19(39)36-21-13-15-22(16-14-21)37-28(40)18-44-35(43)20-7-6-8-23(17-20)38-33(41)31-29-24-9-2-3-10-25(24)30(32(31)34(38)42)27-12-5-4-11-26(27)29/h2-17,29-32H,18H2,1H3,(H,36,39)(H,37,40)/t29?,30?,31-,32-/m1/s1. The van der Waals surface area contributed by atoms with Crippen LogP contribution in [0.2, 0.25) is 0 Å². The maximum absolute atomic E-state index is 14.0. The van der Waals surface area contributed by atoms with Crippen LogP contribution in [0, 0.1) is 11.8 Å². The van der Waals surface area contributed by atoms with Gasteiger partial charge in [0.2, 0.25) is 17.7 Å². The summed E-state index contributed by atoms with van der Waals surface area (Å²) in [6, 6.07) is 28.7. The second kappa shape index (κ2) is 10.6. The number of benzene rings is 4. The second-order valence-electron chi connectivity index (χ2n) is 11.2. The molecule has 0 spiro atoms. The van der Waals surface area contributed by atoms with Crippen LogP contribution in [0.3, 0.4) is 0 Å². The molecule has 1 aliphatic heterocycles. The summed E-state index contributed by atoms with van der Waals surface area (Å²) in [6.07, 6.45) is 0.